The van der Waals surface area contributed by atoms with E-state index in [-0.39, 0.29) is 6.04 Å². The zero-order chi connectivity index (χ0) is 11.4. The lowest BCUT2D eigenvalue weighted by Crippen LogP contribution is -2.16. The van der Waals surface area contributed by atoms with E-state index >= 15 is 0 Å². The van der Waals surface area contributed by atoms with Crippen molar-refractivity contribution in [1.82, 2.24) is 9.97 Å². The monoisotopic (exact) mass is 233 g/mol. The molecule has 0 bridgehead atoms. The fraction of sp³-hybridized carbons (Fsp3) is 0.167. The van der Waals surface area contributed by atoms with Gasteiger partial charge in [0, 0.05) is 17.4 Å². The van der Waals surface area contributed by atoms with Gasteiger partial charge in [0.05, 0.1) is 6.04 Å². The largest absolute Gasteiger partial charge is 0.321 e. The van der Waals surface area contributed by atoms with Crippen LogP contribution in [0, 0.1) is 0 Å². The molecule has 0 aliphatic carbocycles. The van der Waals surface area contributed by atoms with Crippen LogP contribution in [0.3, 0.4) is 0 Å². The van der Waals surface area contributed by atoms with Crippen molar-refractivity contribution in [3.8, 4) is 0 Å². The van der Waals surface area contributed by atoms with Crippen molar-refractivity contribution in [2.45, 2.75) is 12.5 Å². The molecular weight excluding hydrogens is 222 g/mol. The zero-order valence-corrected chi connectivity index (χ0v) is 9.43. The first kappa shape index (κ1) is 11.0. The third kappa shape index (κ3) is 2.78. The Kier molecular flexibility index (Phi) is 3.49. The van der Waals surface area contributed by atoms with Crippen molar-refractivity contribution in [2.24, 2.45) is 5.73 Å². The second-order valence-corrected chi connectivity index (χ2v) is 3.98. The number of nitrogens with zero attached hydrogens (tertiary/aromatic N) is 2. The fourth-order valence-electron chi connectivity index (χ4n) is 1.51. The van der Waals surface area contributed by atoms with Crippen LogP contribution in [0.2, 0.25) is 5.02 Å². The summed E-state index contributed by atoms with van der Waals surface area (Å²) in [6.07, 6.45) is 4.07. The first-order valence-electron chi connectivity index (χ1n) is 5.02. The number of aromatic nitrogens is 2. The smallest absolute Gasteiger partial charge is 0.145 e. The van der Waals surface area contributed by atoms with Crippen LogP contribution in [0.15, 0.2) is 42.7 Å². The normalized spacial score (nSPS) is 12.4. The summed E-state index contributed by atoms with van der Waals surface area (Å²) >= 11 is 5.90. The number of benzene rings is 1. The van der Waals surface area contributed by atoms with Gasteiger partial charge < -0.3 is 5.73 Å². The molecule has 2 aromatic rings. The molecule has 1 aromatic carbocycles. The Morgan fingerprint density at radius 1 is 1.19 bits per heavy atom. The van der Waals surface area contributed by atoms with E-state index in [9.17, 15) is 0 Å². The standard InChI is InChI=1S/C12H12ClN3/c13-10-4-1-3-9(7-10)8-11(14)12-15-5-2-6-16-12/h1-7,11H,8,14H2. The average molecular weight is 234 g/mol. The van der Waals surface area contributed by atoms with Gasteiger partial charge in [-0.1, -0.05) is 23.7 Å². The SMILES string of the molecule is NC(Cc1cccc(Cl)c1)c1ncccn1. The summed E-state index contributed by atoms with van der Waals surface area (Å²) in [5.41, 5.74) is 7.10. The Bertz CT molecular complexity index is 459. The average Bonchev–Trinajstić information content (AvgIpc) is 2.30. The van der Waals surface area contributed by atoms with Gasteiger partial charge in [0.1, 0.15) is 5.82 Å². The molecule has 1 atom stereocenters. The molecule has 0 aliphatic heterocycles. The molecule has 2 N–H and O–H groups in total. The molecule has 0 spiro atoms. The molecule has 16 heavy (non-hydrogen) atoms. The Labute approximate surface area is 99.3 Å². The van der Waals surface area contributed by atoms with E-state index in [1.807, 2.05) is 24.3 Å². The quantitative estimate of drug-likeness (QED) is 0.886. The van der Waals surface area contributed by atoms with Gasteiger partial charge in [-0.3, -0.25) is 0 Å². The summed E-state index contributed by atoms with van der Waals surface area (Å²) in [6, 6.07) is 9.24. The highest BCUT2D eigenvalue weighted by atomic mass is 35.5. The summed E-state index contributed by atoms with van der Waals surface area (Å²) in [5, 5.41) is 0.721. The molecule has 82 valence electrons. The maximum atomic E-state index is 6.01. The van der Waals surface area contributed by atoms with Crippen LogP contribution >= 0.6 is 11.6 Å². The maximum Gasteiger partial charge on any atom is 0.145 e. The van der Waals surface area contributed by atoms with Crippen molar-refractivity contribution in [3.63, 3.8) is 0 Å². The summed E-state index contributed by atoms with van der Waals surface area (Å²) < 4.78 is 0. The van der Waals surface area contributed by atoms with Crippen LogP contribution in [0.25, 0.3) is 0 Å². The topological polar surface area (TPSA) is 51.8 Å². The number of nitrogens with two attached hydrogens (primary N) is 1. The first-order chi connectivity index (χ1) is 7.75. The number of hydrogen-bond acceptors (Lipinski definition) is 3. The third-order valence-corrected chi connectivity index (χ3v) is 2.50. The Hall–Kier alpha value is -1.45. The first-order valence-corrected chi connectivity index (χ1v) is 5.40. The predicted molar refractivity (Wildman–Crippen MR) is 64.1 cm³/mol. The highest BCUT2D eigenvalue weighted by Crippen LogP contribution is 2.16. The van der Waals surface area contributed by atoms with Crippen LogP contribution in [0.5, 0.6) is 0 Å². The molecule has 3 nitrogen and oxygen atoms in total. The Balaban J connectivity index is 2.11. The van der Waals surface area contributed by atoms with E-state index in [0.717, 1.165) is 10.6 Å². The van der Waals surface area contributed by atoms with E-state index in [2.05, 4.69) is 9.97 Å². The number of halogens is 1. The molecule has 1 unspecified atom stereocenters. The molecule has 1 heterocycles. The highest BCUT2D eigenvalue weighted by Gasteiger charge is 2.09. The van der Waals surface area contributed by atoms with Gasteiger partial charge >= 0.3 is 0 Å². The minimum Gasteiger partial charge on any atom is -0.321 e. The molecule has 4 heteroatoms. The molecule has 2 rings (SSSR count). The van der Waals surface area contributed by atoms with Crippen molar-refractivity contribution in [1.29, 1.82) is 0 Å². The number of hydrogen-bond donors (Lipinski definition) is 1. The van der Waals surface area contributed by atoms with E-state index in [1.165, 1.54) is 0 Å². The molecule has 0 aliphatic rings. The lowest BCUT2D eigenvalue weighted by molar-refractivity contribution is 0.667. The third-order valence-electron chi connectivity index (χ3n) is 2.26. The predicted octanol–water partition coefficient (Wildman–Crippen LogP) is 2.37. The number of rotatable bonds is 3. The van der Waals surface area contributed by atoms with E-state index in [0.29, 0.717) is 12.2 Å². The molecule has 0 saturated heterocycles. The van der Waals surface area contributed by atoms with Gasteiger partial charge in [0.25, 0.3) is 0 Å². The second-order valence-electron chi connectivity index (χ2n) is 3.55. The van der Waals surface area contributed by atoms with Crippen LogP contribution in [-0.4, -0.2) is 9.97 Å². The summed E-state index contributed by atoms with van der Waals surface area (Å²) in [6.45, 7) is 0. The van der Waals surface area contributed by atoms with Gasteiger partial charge in [-0.15, -0.1) is 0 Å². The van der Waals surface area contributed by atoms with Gasteiger partial charge in [-0.25, -0.2) is 9.97 Å². The molecule has 0 fully saturated rings. The highest BCUT2D eigenvalue weighted by molar-refractivity contribution is 6.30. The van der Waals surface area contributed by atoms with Gasteiger partial charge in [-0.2, -0.15) is 0 Å². The summed E-state index contributed by atoms with van der Waals surface area (Å²) in [5.74, 6) is 0.655. The zero-order valence-electron chi connectivity index (χ0n) is 8.68. The Morgan fingerprint density at radius 2 is 1.94 bits per heavy atom. The molecule has 1 aromatic heterocycles. The maximum absolute atomic E-state index is 6.01. The van der Waals surface area contributed by atoms with Gasteiger partial charge in [0.2, 0.25) is 0 Å². The molecule has 0 radical (unpaired) electrons. The molecule has 0 saturated carbocycles. The van der Waals surface area contributed by atoms with E-state index in [1.54, 1.807) is 18.5 Å². The van der Waals surface area contributed by atoms with Crippen LogP contribution in [-0.2, 0) is 6.42 Å². The van der Waals surface area contributed by atoms with Gasteiger partial charge in [-0.05, 0) is 30.2 Å². The van der Waals surface area contributed by atoms with Crippen molar-refractivity contribution >= 4 is 11.6 Å². The van der Waals surface area contributed by atoms with Crippen LogP contribution in [0.4, 0.5) is 0 Å². The van der Waals surface area contributed by atoms with Crippen LogP contribution in [0.1, 0.15) is 17.4 Å². The van der Waals surface area contributed by atoms with Crippen LogP contribution < -0.4 is 5.73 Å². The molecule has 0 amide bonds. The summed E-state index contributed by atoms with van der Waals surface area (Å²) in [7, 11) is 0. The minimum atomic E-state index is -0.195. The Morgan fingerprint density at radius 3 is 2.62 bits per heavy atom. The second kappa shape index (κ2) is 5.05. The van der Waals surface area contributed by atoms with Crippen molar-refractivity contribution in [2.75, 3.05) is 0 Å². The summed E-state index contributed by atoms with van der Waals surface area (Å²) in [4.78, 5) is 8.26. The lowest BCUT2D eigenvalue weighted by Gasteiger charge is -2.09. The minimum absolute atomic E-state index is 0.195. The van der Waals surface area contributed by atoms with E-state index in [4.69, 9.17) is 17.3 Å². The van der Waals surface area contributed by atoms with Gasteiger partial charge in [0.15, 0.2) is 0 Å². The van der Waals surface area contributed by atoms with Crippen molar-refractivity contribution in [3.05, 3.63) is 59.1 Å². The lowest BCUT2D eigenvalue weighted by atomic mass is 10.1. The fourth-order valence-corrected chi connectivity index (χ4v) is 1.72. The molecular formula is C12H12ClN3. The van der Waals surface area contributed by atoms with E-state index < -0.39 is 0 Å². The van der Waals surface area contributed by atoms with Crippen molar-refractivity contribution < 1.29 is 0 Å².